The fraction of sp³-hybridized carbons (Fsp3) is 0.450. The summed E-state index contributed by atoms with van der Waals surface area (Å²) in [4.78, 5) is 4.83. The molecular weight excluding hydrogens is 254 g/mol. The van der Waals surface area contributed by atoms with Crippen LogP contribution < -0.4 is 0 Å². The zero-order chi connectivity index (χ0) is 14.7. The Labute approximate surface area is 128 Å². The van der Waals surface area contributed by atoms with Crippen LogP contribution in [0.3, 0.4) is 0 Å². The molecule has 1 aliphatic rings. The molecule has 3 rings (SSSR count). The molecule has 0 amide bonds. The number of allylic oxidation sites excluding steroid dienone is 2. The van der Waals surface area contributed by atoms with Gasteiger partial charge in [-0.25, -0.2) is 0 Å². The zero-order valence-corrected chi connectivity index (χ0v) is 13.3. The first-order valence-corrected chi connectivity index (χ1v) is 8.37. The third-order valence-electron chi connectivity index (χ3n) is 4.53. The van der Waals surface area contributed by atoms with Crippen LogP contribution in [0.4, 0.5) is 0 Å². The van der Waals surface area contributed by atoms with Crippen LogP contribution in [0.25, 0.3) is 16.5 Å². The lowest BCUT2D eigenvalue weighted by Gasteiger charge is -2.15. The monoisotopic (exact) mass is 279 g/mol. The number of nitrogens with zero attached hydrogens (tertiary/aromatic N) is 1. The Kier molecular flexibility index (Phi) is 4.38. The third kappa shape index (κ3) is 3.18. The van der Waals surface area contributed by atoms with E-state index in [0.29, 0.717) is 0 Å². The van der Waals surface area contributed by atoms with E-state index in [-0.39, 0.29) is 0 Å². The van der Waals surface area contributed by atoms with Crippen molar-refractivity contribution in [2.24, 2.45) is 0 Å². The lowest BCUT2D eigenvalue weighted by Crippen LogP contribution is -1.97. The maximum absolute atomic E-state index is 4.83. The first kappa shape index (κ1) is 14.3. The van der Waals surface area contributed by atoms with Crippen molar-refractivity contribution in [3.8, 4) is 0 Å². The number of rotatable bonds is 4. The molecule has 0 radical (unpaired) electrons. The summed E-state index contributed by atoms with van der Waals surface area (Å²) in [7, 11) is 0. The Balaban J connectivity index is 2.01. The van der Waals surface area contributed by atoms with E-state index in [4.69, 9.17) is 4.98 Å². The maximum atomic E-state index is 4.83. The topological polar surface area (TPSA) is 12.9 Å². The van der Waals surface area contributed by atoms with Gasteiger partial charge in [0, 0.05) is 11.1 Å². The Hall–Kier alpha value is -1.63. The van der Waals surface area contributed by atoms with Crippen LogP contribution in [-0.2, 0) is 6.42 Å². The summed E-state index contributed by atoms with van der Waals surface area (Å²) in [5, 5.41) is 1.30. The summed E-state index contributed by atoms with van der Waals surface area (Å²) < 4.78 is 0. The van der Waals surface area contributed by atoms with E-state index in [2.05, 4.69) is 44.2 Å². The third-order valence-corrected chi connectivity index (χ3v) is 4.53. The normalized spacial score (nSPS) is 15.2. The highest BCUT2D eigenvalue weighted by atomic mass is 14.7. The van der Waals surface area contributed by atoms with Gasteiger partial charge in [0.25, 0.3) is 0 Å². The molecule has 0 N–H and O–H groups in total. The molecule has 1 aromatic heterocycles. The predicted molar refractivity (Wildman–Crippen MR) is 91.5 cm³/mol. The molecule has 1 heterocycles. The first-order chi connectivity index (χ1) is 10.3. The molecular formula is C20H25N. The maximum Gasteiger partial charge on any atom is 0.0705 e. The van der Waals surface area contributed by atoms with Crippen LogP contribution in [0.1, 0.15) is 62.3 Å². The van der Waals surface area contributed by atoms with E-state index in [0.717, 1.165) is 5.52 Å². The van der Waals surface area contributed by atoms with Gasteiger partial charge in [0.1, 0.15) is 0 Å². The Morgan fingerprint density at radius 2 is 2.05 bits per heavy atom. The number of pyridine rings is 1. The van der Waals surface area contributed by atoms with Crippen LogP contribution in [0, 0.1) is 6.92 Å². The van der Waals surface area contributed by atoms with Gasteiger partial charge in [-0.2, -0.15) is 0 Å². The lowest BCUT2D eigenvalue weighted by atomic mass is 9.92. The second kappa shape index (κ2) is 6.43. The van der Waals surface area contributed by atoms with Gasteiger partial charge in [0.2, 0.25) is 0 Å². The largest absolute Gasteiger partial charge is 0.253 e. The zero-order valence-electron chi connectivity index (χ0n) is 13.3. The minimum absolute atomic E-state index is 1.13. The number of unbranched alkanes of at least 4 members (excludes halogenated alkanes) is 1. The molecule has 0 fully saturated rings. The second-order valence-electron chi connectivity index (χ2n) is 6.23. The minimum atomic E-state index is 1.13. The molecule has 1 heteroatoms. The van der Waals surface area contributed by atoms with Crippen molar-refractivity contribution in [2.45, 2.75) is 58.8 Å². The van der Waals surface area contributed by atoms with Gasteiger partial charge in [-0.1, -0.05) is 25.5 Å². The van der Waals surface area contributed by atoms with E-state index in [1.807, 2.05) is 0 Å². The van der Waals surface area contributed by atoms with Gasteiger partial charge in [-0.3, -0.25) is 4.98 Å². The van der Waals surface area contributed by atoms with Crippen LogP contribution in [0.5, 0.6) is 0 Å². The first-order valence-electron chi connectivity index (χ1n) is 8.37. The van der Waals surface area contributed by atoms with Crippen molar-refractivity contribution in [1.82, 2.24) is 4.98 Å². The van der Waals surface area contributed by atoms with E-state index in [1.165, 1.54) is 72.7 Å². The molecule has 0 saturated heterocycles. The number of hydrogen-bond acceptors (Lipinski definition) is 1. The lowest BCUT2D eigenvalue weighted by molar-refractivity contribution is 0.741. The molecule has 0 spiro atoms. The Morgan fingerprint density at radius 3 is 2.81 bits per heavy atom. The molecule has 1 nitrogen and oxygen atoms in total. The smallest absolute Gasteiger partial charge is 0.0705 e. The van der Waals surface area contributed by atoms with Crippen molar-refractivity contribution in [3.05, 3.63) is 47.2 Å². The number of fused-ring (bicyclic) bond motifs is 1. The number of aryl methyl sites for hydroxylation is 2. The van der Waals surface area contributed by atoms with Gasteiger partial charge < -0.3 is 0 Å². The van der Waals surface area contributed by atoms with Crippen molar-refractivity contribution in [3.63, 3.8) is 0 Å². The molecule has 1 aromatic carbocycles. The molecule has 1 aliphatic carbocycles. The van der Waals surface area contributed by atoms with Crippen LogP contribution in [-0.4, -0.2) is 4.98 Å². The molecule has 21 heavy (non-hydrogen) atoms. The molecule has 0 bridgehead atoms. The minimum Gasteiger partial charge on any atom is -0.253 e. The van der Waals surface area contributed by atoms with Crippen LogP contribution in [0.15, 0.2) is 30.3 Å². The van der Waals surface area contributed by atoms with E-state index < -0.39 is 0 Å². The van der Waals surface area contributed by atoms with E-state index in [9.17, 15) is 0 Å². The fourth-order valence-corrected chi connectivity index (χ4v) is 3.27. The number of hydrogen-bond donors (Lipinski definition) is 0. The van der Waals surface area contributed by atoms with Crippen LogP contribution in [0.2, 0.25) is 0 Å². The summed E-state index contributed by atoms with van der Waals surface area (Å²) in [6, 6.07) is 9.13. The summed E-state index contributed by atoms with van der Waals surface area (Å²) in [6.45, 7) is 4.40. The van der Waals surface area contributed by atoms with E-state index >= 15 is 0 Å². The van der Waals surface area contributed by atoms with Crippen molar-refractivity contribution >= 4 is 16.5 Å². The van der Waals surface area contributed by atoms with Crippen molar-refractivity contribution < 1.29 is 0 Å². The predicted octanol–water partition coefficient (Wildman–Crippen LogP) is 5.84. The highest BCUT2D eigenvalue weighted by Crippen LogP contribution is 2.30. The van der Waals surface area contributed by atoms with Crippen molar-refractivity contribution in [1.29, 1.82) is 0 Å². The van der Waals surface area contributed by atoms with Gasteiger partial charge in [0.05, 0.1) is 5.52 Å². The van der Waals surface area contributed by atoms with Gasteiger partial charge in [0.15, 0.2) is 0 Å². The van der Waals surface area contributed by atoms with Crippen molar-refractivity contribution in [2.75, 3.05) is 0 Å². The molecule has 2 aromatic rings. The number of aromatic nitrogens is 1. The van der Waals surface area contributed by atoms with Crippen LogP contribution >= 0.6 is 0 Å². The summed E-state index contributed by atoms with van der Waals surface area (Å²) in [6.07, 6.45) is 11.2. The molecule has 0 saturated carbocycles. The molecule has 0 unspecified atom stereocenters. The summed E-state index contributed by atoms with van der Waals surface area (Å²) >= 11 is 0. The highest BCUT2D eigenvalue weighted by molar-refractivity contribution is 5.84. The quantitative estimate of drug-likeness (QED) is 0.684. The second-order valence-corrected chi connectivity index (χ2v) is 6.23. The molecule has 0 atom stereocenters. The SMILES string of the molecule is CCCCc1ccc2nc(C)c(C3=CCCCC3)cc2c1. The summed E-state index contributed by atoms with van der Waals surface area (Å²) in [5.74, 6) is 0. The average Bonchev–Trinajstić information content (AvgIpc) is 2.53. The molecule has 110 valence electrons. The fourth-order valence-electron chi connectivity index (χ4n) is 3.27. The Bertz CT molecular complexity index is 667. The van der Waals surface area contributed by atoms with E-state index in [1.54, 1.807) is 0 Å². The number of benzene rings is 1. The van der Waals surface area contributed by atoms with Gasteiger partial charge in [-0.15, -0.1) is 0 Å². The average molecular weight is 279 g/mol. The van der Waals surface area contributed by atoms with Gasteiger partial charge in [-0.05, 0) is 80.3 Å². The molecule has 0 aliphatic heterocycles. The van der Waals surface area contributed by atoms with Gasteiger partial charge >= 0.3 is 0 Å². The standard InChI is InChI=1S/C20H25N/c1-3-4-8-16-11-12-20-18(13-16)14-19(15(2)21-20)17-9-6-5-7-10-17/h9,11-14H,3-8,10H2,1-2H3. The highest BCUT2D eigenvalue weighted by Gasteiger charge is 2.11. The summed E-state index contributed by atoms with van der Waals surface area (Å²) in [5.41, 5.74) is 6.63. The Morgan fingerprint density at radius 1 is 1.14 bits per heavy atom.